The van der Waals surface area contributed by atoms with Crippen molar-refractivity contribution in [2.45, 2.75) is 0 Å². The monoisotopic (exact) mass is 381 g/mol. The first kappa shape index (κ1) is 19.0. The summed E-state index contributed by atoms with van der Waals surface area (Å²) in [6, 6.07) is 10.3. The van der Waals surface area contributed by atoms with E-state index in [0.29, 0.717) is 39.7 Å². The van der Waals surface area contributed by atoms with E-state index in [4.69, 9.17) is 18.9 Å². The van der Waals surface area contributed by atoms with Crippen molar-refractivity contribution in [3.05, 3.63) is 55.4 Å². The number of carbonyl (C=O) groups excluding carboxylic acids is 1. The van der Waals surface area contributed by atoms with Gasteiger partial charge in [-0.3, -0.25) is 5.32 Å². The Morgan fingerprint density at radius 3 is 2.50 bits per heavy atom. The summed E-state index contributed by atoms with van der Waals surface area (Å²) < 4.78 is 21.4. The summed E-state index contributed by atoms with van der Waals surface area (Å²) in [5.74, 6) is 2.03. The number of hydrogen-bond donors (Lipinski definition) is 1. The number of ether oxygens (including phenoxy) is 4. The van der Waals surface area contributed by atoms with Gasteiger partial charge >= 0.3 is 6.09 Å². The van der Waals surface area contributed by atoms with Crippen LogP contribution in [-0.4, -0.2) is 36.9 Å². The first-order valence-corrected chi connectivity index (χ1v) is 8.34. The van der Waals surface area contributed by atoms with E-state index in [0.717, 1.165) is 0 Å². The molecule has 1 N–H and O–H groups in total. The lowest BCUT2D eigenvalue weighted by atomic mass is 10.2. The van der Waals surface area contributed by atoms with Crippen LogP contribution in [0.3, 0.4) is 0 Å². The van der Waals surface area contributed by atoms with Crippen LogP contribution in [0.5, 0.6) is 23.1 Å². The summed E-state index contributed by atoms with van der Waals surface area (Å²) in [5, 5.41) is 3.28. The van der Waals surface area contributed by atoms with Gasteiger partial charge in [0.25, 0.3) is 0 Å². The number of fused-ring (bicyclic) bond motifs is 1. The average Bonchev–Trinajstić information content (AvgIpc) is 2.72. The Kier molecular flexibility index (Phi) is 5.91. The van der Waals surface area contributed by atoms with Gasteiger partial charge in [0.05, 0.1) is 25.1 Å². The minimum atomic E-state index is -0.559. The highest BCUT2D eigenvalue weighted by molar-refractivity contribution is 5.87. The third-order valence-corrected chi connectivity index (χ3v) is 3.75. The highest BCUT2D eigenvalue weighted by Gasteiger charge is 2.12. The number of carbonyl (C=O) groups is 1. The zero-order valence-electron chi connectivity index (χ0n) is 15.5. The fraction of sp³-hybridized carbons (Fsp3) is 0.150. The second kappa shape index (κ2) is 8.72. The van der Waals surface area contributed by atoms with Gasteiger partial charge in [0.15, 0.2) is 11.5 Å². The zero-order chi connectivity index (χ0) is 19.9. The number of benzene rings is 2. The molecule has 0 aliphatic carbocycles. The van der Waals surface area contributed by atoms with E-state index in [1.54, 1.807) is 50.6 Å². The predicted molar refractivity (Wildman–Crippen MR) is 104 cm³/mol. The molecule has 1 amide bonds. The Morgan fingerprint density at radius 2 is 1.82 bits per heavy atom. The van der Waals surface area contributed by atoms with Gasteiger partial charge in [-0.1, -0.05) is 12.7 Å². The molecule has 0 aliphatic heterocycles. The van der Waals surface area contributed by atoms with Gasteiger partial charge in [-0.25, -0.2) is 14.8 Å². The van der Waals surface area contributed by atoms with Crippen LogP contribution in [-0.2, 0) is 4.74 Å². The van der Waals surface area contributed by atoms with Gasteiger partial charge in [-0.15, -0.1) is 0 Å². The molecular weight excluding hydrogens is 362 g/mol. The lowest BCUT2D eigenvalue weighted by Gasteiger charge is -2.12. The molecule has 144 valence electrons. The van der Waals surface area contributed by atoms with E-state index in [-0.39, 0.29) is 6.61 Å². The van der Waals surface area contributed by atoms with Crippen LogP contribution in [0.2, 0.25) is 0 Å². The van der Waals surface area contributed by atoms with Crippen LogP contribution >= 0.6 is 0 Å². The number of hydrogen-bond acceptors (Lipinski definition) is 7. The van der Waals surface area contributed by atoms with E-state index in [2.05, 4.69) is 21.9 Å². The quantitative estimate of drug-likeness (QED) is 0.614. The van der Waals surface area contributed by atoms with Crippen LogP contribution in [0.25, 0.3) is 10.9 Å². The van der Waals surface area contributed by atoms with Crippen molar-refractivity contribution in [2.24, 2.45) is 0 Å². The van der Waals surface area contributed by atoms with Crippen molar-refractivity contribution >= 4 is 22.7 Å². The highest BCUT2D eigenvalue weighted by atomic mass is 16.5. The summed E-state index contributed by atoms with van der Waals surface area (Å²) in [6.07, 6.45) is 2.35. The van der Waals surface area contributed by atoms with Gasteiger partial charge in [0.1, 0.15) is 18.7 Å². The lowest BCUT2D eigenvalue weighted by molar-refractivity contribution is 0.174. The molecule has 0 saturated heterocycles. The van der Waals surface area contributed by atoms with Gasteiger partial charge in [0, 0.05) is 11.8 Å². The molecule has 3 rings (SSSR count). The first-order valence-electron chi connectivity index (χ1n) is 8.34. The molecule has 0 bridgehead atoms. The summed E-state index contributed by atoms with van der Waals surface area (Å²) in [5.41, 5.74) is 1.23. The second-order valence-electron chi connectivity index (χ2n) is 5.54. The van der Waals surface area contributed by atoms with E-state index >= 15 is 0 Å². The van der Waals surface area contributed by atoms with Crippen LogP contribution in [0.1, 0.15) is 0 Å². The van der Waals surface area contributed by atoms with Crippen LogP contribution < -0.4 is 19.5 Å². The minimum absolute atomic E-state index is 0.141. The van der Waals surface area contributed by atoms with Crippen LogP contribution in [0.15, 0.2) is 55.4 Å². The van der Waals surface area contributed by atoms with E-state index in [1.165, 1.54) is 12.4 Å². The number of aromatic nitrogens is 2. The third-order valence-electron chi connectivity index (χ3n) is 3.75. The predicted octanol–water partition coefficient (Wildman–Crippen LogP) is 4.17. The van der Waals surface area contributed by atoms with Crippen molar-refractivity contribution in [2.75, 3.05) is 26.1 Å². The smallest absolute Gasteiger partial charge is 0.411 e. The standard InChI is InChI=1S/C20H19N3O5/c1-4-9-27-20(24)23-13-5-7-14(8-6-13)28-19-15-10-17(25-2)18(26-3)11-16(15)21-12-22-19/h4-8,10-12H,1,9H2,2-3H3,(H,23,24). The first-order chi connectivity index (χ1) is 13.6. The largest absolute Gasteiger partial charge is 0.493 e. The molecule has 28 heavy (non-hydrogen) atoms. The fourth-order valence-corrected chi connectivity index (χ4v) is 2.45. The molecular formula is C20H19N3O5. The number of rotatable bonds is 7. The second-order valence-corrected chi connectivity index (χ2v) is 5.54. The van der Waals surface area contributed by atoms with Gasteiger partial charge in [0.2, 0.25) is 5.88 Å². The summed E-state index contributed by atoms with van der Waals surface area (Å²) >= 11 is 0. The maximum Gasteiger partial charge on any atom is 0.411 e. The molecule has 0 unspecified atom stereocenters. The van der Waals surface area contributed by atoms with Crippen LogP contribution in [0.4, 0.5) is 10.5 Å². The molecule has 0 spiro atoms. The molecule has 8 heteroatoms. The zero-order valence-corrected chi connectivity index (χ0v) is 15.5. The maximum atomic E-state index is 11.6. The van der Waals surface area contributed by atoms with Crippen molar-refractivity contribution in [3.63, 3.8) is 0 Å². The molecule has 8 nitrogen and oxygen atoms in total. The number of amides is 1. The Hall–Kier alpha value is -3.81. The van der Waals surface area contributed by atoms with Crippen LogP contribution in [0, 0.1) is 0 Å². The van der Waals surface area contributed by atoms with Gasteiger partial charge in [-0.05, 0) is 30.3 Å². The van der Waals surface area contributed by atoms with E-state index in [9.17, 15) is 4.79 Å². The lowest BCUT2D eigenvalue weighted by Crippen LogP contribution is -2.13. The van der Waals surface area contributed by atoms with Gasteiger partial charge in [-0.2, -0.15) is 0 Å². The van der Waals surface area contributed by atoms with Crippen molar-refractivity contribution < 1.29 is 23.7 Å². The number of nitrogens with zero attached hydrogens (tertiary/aromatic N) is 2. The third kappa shape index (κ3) is 4.29. The molecule has 0 fully saturated rings. The number of anilines is 1. The molecule has 1 aromatic heterocycles. The summed E-state index contributed by atoms with van der Waals surface area (Å²) in [4.78, 5) is 20.0. The average molecular weight is 381 g/mol. The molecule has 0 atom stereocenters. The van der Waals surface area contributed by atoms with E-state index in [1.807, 2.05) is 0 Å². The molecule has 0 radical (unpaired) electrons. The topological polar surface area (TPSA) is 91.8 Å². The van der Waals surface area contributed by atoms with Crippen molar-refractivity contribution in [1.29, 1.82) is 0 Å². The van der Waals surface area contributed by atoms with Crippen molar-refractivity contribution in [3.8, 4) is 23.1 Å². The Balaban J connectivity index is 1.80. The fourth-order valence-electron chi connectivity index (χ4n) is 2.45. The molecule has 2 aromatic carbocycles. The summed E-state index contributed by atoms with van der Waals surface area (Å²) in [7, 11) is 3.12. The Bertz CT molecular complexity index is 989. The number of nitrogens with one attached hydrogen (secondary N) is 1. The minimum Gasteiger partial charge on any atom is -0.493 e. The molecule has 3 aromatic rings. The number of methoxy groups -OCH3 is 2. The summed E-state index contributed by atoms with van der Waals surface area (Å²) in [6.45, 7) is 3.63. The molecule has 0 saturated carbocycles. The Morgan fingerprint density at radius 1 is 1.11 bits per heavy atom. The molecule has 0 aliphatic rings. The van der Waals surface area contributed by atoms with Crippen molar-refractivity contribution in [1.82, 2.24) is 9.97 Å². The normalized spacial score (nSPS) is 10.2. The van der Waals surface area contributed by atoms with E-state index < -0.39 is 6.09 Å². The molecule has 1 heterocycles. The Labute approximate surface area is 161 Å². The maximum absolute atomic E-state index is 11.6. The van der Waals surface area contributed by atoms with Gasteiger partial charge < -0.3 is 18.9 Å². The highest BCUT2D eigenvalue weighted by Crippen LogP contribution is 2.35. The SMILES string of the molecule is C=CCOC(=O)Nc1ccc(Oc2ncnc3cc(OC)c(OC)cc23)cc1.